The molecular weight excluding hydrogens is 282 g/mol. The molecule has 0 saturated heterocycles. The average molecular weight is 297 g/mol. The molecule has 2 aromatic heterocycles. The van der Waals surface area contributed by atoms with Crippen molar-refractivity contribution in [3.05, 3.63) is 51.8 Å². The largest absolute Gasteiger partial charge is 0.462 e. The van der Waals surface area contributed by atoms with Crippen molar-refractivity contribution in [1.82, 2.24) is 4.98 Å². The molecule has 3 rings (SSSR count). The van der Waals surface area contributed by atoms with E-state index in [0.717, 1.165) is 12.0 Å². The average Bonchev–Trinajstić information content (AvgIpc) is 2.54. The van der Waals surface area contributed by atoms with Crippen molar-refractivity contribution in [3.63, 3.8) is 0 Å². The summed E-state index contributed by atoms with van der Waals surface area (Å²) in [5.74, 6) is -0.485. The third-order valence-corrected chi connectivity index (χ3v) is 3.50. The van der Waals surface area contributed by atoms with Crippen molar-refractivity contribution in [1.29, 1.82) is 0 Å². The quantitative estimate of drug-likeness (QED) is 0.549. The molecule has 0 aliphatic carbocycles. The fourth-order valence-corrected chi connectivity index (χ4v) is 2.33. The normalized spacial score (nSPS) is 11.0. The van der Waals surface area contributed by atoms with E-state index in [-0.39, 0.29) is 28.7 Å². The predicted octanol–water partition coefficient (Wildman–Crippen LogP) is 3.08. The Morgan fingerprint density at radius 1 is 1.23 bits per heavy atom. The Morgan fingerprint density at radius 3 is 2.77 bits per heavy atom. The SMILES string of the molecule is CCOC(=O)c1cnc2c(=O)c3cc(CC)ccc3oc2c1. The maximum absolute atomic E-state index is 12.5. The maximum atomic E-state index is 12.5. The van der Waals surface area contributed by atoms with Crippen LogP contribution in [0.3, 0.4) is 0 Å². The number of pyridine rings is 1. The molecule has 0 atom stereocenters. The first-order valence-corrected chi connectivity index (χ1v) is 7.16. The number of aromatic nitrogens is 1. The van der Waals surface area contributed by atoms with Gasteiger partial charge in [0.1, 0.15) is 5.58 Å². The van der Waals surface area contributed by atoms with E-state index in [2.05, 4.69) is 4.98 Å². The van der Waals surface area contributed by atoms with Gasteiger partial charge in [0.2, 0.25) is 5.43 Å². The Labute approximate surface area is 126 Å². The van der Waals surface area contributed by atoms with Gasteiger partial charge in [0.25, 0.3) is 0 Å². The molecule has 0 fully saturated rings. The second kappa shape index (κ2) is 5.60. The van der Waals surface area contributed by atoms with Gasteiger partial charge >= 0.3 is 5.97 Å². The number of hydrogen-bond donors (Lipinski definition) is 0. The van der Waals surface area contributed by atoms with Gasteiger partial charge in [-0.25, -0.2) is 9.78 Å². The Bertz CT molecular complexity index is 927. The van der Waals surface area contributed by atoms with Crippen LogP contribution in [0, 0.1) is 0 Å². The molecule has 0 aliphatic rings. The highest BCUT2D eigenvalue weighted by atomic mass is 16.5. The Morgan fingerprint density at radius 2 is 2.05 bits per heavy atom. The third kappa shape index (κ3) is 2.35. The standard InChI is InChI=1S/C17H15NO4/c1-3-10-5-6-13-12(7-10)16(19)15-14(22-13)8-11(9-18-15)17(20)21-4-2/h5-9H,3-4H2,1-2H3. The van der Waals surface area contributed by atoms with Gasteiger partial charge in [-0.05, 0) is 37.1 Å². The second-order valence-electron chi connectivity index (χ2n) is 4.91. The van der Waals surface area contributed by atoms with Crippen LogP contribution in [0.2, 0.25) is 0 Å². The minimum Gasteiger partial charge on any atom is -0.462 e. The first-order chi connectivity index (χ1) is 10.6. The first kappa shape index (κ1) is 14.3. The number of benzene rings is 1. The van der Waals surface area contributed by atoms with Crippen molar-refractivity contribution < 1.29 is 13.9 Å². The lowest BCUT2D eigenvalue weighted by Gasteiger charge is -2.05. The van der Waals surface area contributed by atoms with Crippen molar-refractivity contribution in [3.8, 4) is 0 Å². The fraction of sp³-hybridized carbons (Fsp3) is 0.235. The van der Waals surface area contributed by atoms with Crippen LogP contribution in [0.4, 0.5) is 0 Å². The molecule has 0 amide bonds. The summed E-state index contributed by atoms with van der Waals surface area (Å²) < 4.78 is 10.7. The molecular formula is C17H15NO4. The van der Waals surface area contributed by atoms with Crippen LogP contribution in [-0.2, 0) is 11.2 Å². The Balaban J connectivity index is 2.24. The van der Waals surface area contributed by atoms with E-state index in [0.29, 0.717) is 11.0 Å². The minimum atomic E-state index is -0.485. The van der Waals surface area contributed by atoms with Crippen LogP contribution in [0.15, 0.2) is 39.7 Å². The van der Waals surface area contributed by atoms with E-state index in [1.165, 1.54) is 12.3 Å². The molecule has 0 saturated carbocycles. The molecule has 0 bridgehead atoms. The zero-order valence-electron chi connectivity index (χ0n) is 12.4. The van der Waals surface area contributed by atoms with Crippen LogP contribution in [0.1, 0.15) is 29.8 Å². The first-order valence-electron chi connectivity index (χ1n) is 7.16. The molecule has 22 heavy (non-hydrogen) atoms. The fourth-order valence-electron chi connectivity index (χ4n) is 2.33. The van der Waals surface area contributed by atoms with E-state index in [1.54, 1.807) is 13.0 Å². The van der Waals surface area contributed by atoms with E-state index in [1.807, 2.05) is 19.1 Å². The lowest BCUT2D eigenvalue weighted by molar-refractivity contribution is 0.0526. The Kier molecular flexibility index (Phi) is 3.63. The number of esters is 1. The maximum Gasteiger partial charge on any atom is 0.339 e. The summed E-state index contributed by atoms with van der Waals surface area (Å²) in [4.78, 5) is 28.3. The summed E-state index contributed by atoms with van der Waals surface area (Å²) in [6, 6.07) is 7.00. The van der Waals surface area contributed by atoms with Gasteiger partial charge in [0.15, 0.2) is 11.1 Å². The number of nitrogens with zero attached hydrogens (tertiary/aromatic N) is 1. The van der Waals surface area contributed by atoms with Gasteiger partial charge in [0.05, 0.1) is 17.6 Å². The number of carbonyl (C=O) groups excluding carboxylic acids is 1. The van der Waals surface area contributed by atoms with Crippen molar-refractivity contribution in [2.45, 2.75) is 20.3 Å². The molecule has 3 aromatic rings. The zero-order valence-corrected chi connectivity index (χ0v) is 12.4. The summed E-state index contributed by atoms with van der Waals surface area (Å²) >= 11 is 0. The van der Waals surface area contributed by atoms with Crippen molar-refractivity contribution in [2.24, 2.45) is 0 Å². The molecule has 1 aromatic carbocycles. The zero-order chi connectivity index (χ0) is 15.7. The minimum absolute atomic E-state index is 0.193. The monoisotopic (exact) mass is 297 g/mol. The van der Waals surface area contributed by atoms with E-state index < -0.39 is 5.97 Å². The highest BCUT2D eigenvalue weighted by Gasteiger charge is 2.13. The molecule has 112 valence electrons. The van der Waals surface area contributed by atoms with Crippen molar-refractivity contribution in [2.75, 3.05) is 6.61 Å². The van der Waals surface area contributed by atoms with Crippen LogP contribution in [0.25, 0.3) is 22.1 Å². The summed E-state index contributed by atoms with van der Waals surface area (Å²) in [6.45, 7) is 4.03. The molecule has 2 heterocycles. The topological polar surface area (TPSA) is 69.4 Å². The van der Waals surface area contributed by atoms with Gasteiger partial charge in [-0.15, -0.1) is 0 Å². The molecule has 0 unspecified atom stereocenters. The van der Waals surface area contributed by atoms with Crippen LogP contribution in [0.5, 0.6) is 0 Å². The lowest BCUT2D eigenvalue weighted by Crippen LogP contribution is -2.08. The Hall–Kier alpha value is -2.69. The van der Waals surface area contributed by atoms with Gasteiger partial charge in [-0.1, -0.05) is 13.0 Å². The van der Waals surface area contributed by atoms with Crippen LogP contribution >= 0.6 is 0 Å². The summed E-state index contributed by atoms with van der Waals surface area (Å²) in [5, 5.41) is 0.503. The number of hydrogen-bond acceptors (Lipinski definition) is 5. The summed E-state index contributed by atoms with van der Waals surface area (Å²) in [6.07, 6.45) is 2.18. The van der Waals surface area contributed by atoms with E-state index >= 15 is 0 Å². The molecule has 5 heteroatoms. The van der Waals surface area contributed by atoms with Gasteiger partial charge in [-0.2, -0.15) is 0 Å². The summed E-state index contributed by atoms with van der Waals surface area (Å²) in [5.41, 5.74) is 2.12. The predicted molar refractivity (Wildman–Crippen MR) is 83.1 cm³/mol. The smallest absolute Gasteiger partial charge is 0.339 e. The molecule has 0 spiro atoms. The van der Waals surface area contributed by atoms with E-state index in [4.69, 9.17) is 9.15 Å². The lowest BCUT2D eigenvalue weighted by atomic mass is 10.1. The van der Waals surface area contributed by atoms with Crippen LogP contribution < -0.4 is 5.43 Å². The van der Waals surface area contributed by atoms with E-state index in [9.17, 15) is 9.59 Å². The number of aryl methyl sites for hydroxylation is 1. The summed E-state index contributed by atoms with van der Waals surface area (Å²) in [7, 11) is 0. The molecule has 0 aliphatic heterocycles. The molecule has 0 N–H and O–H groups in total. The second-order valence-corrected chi connectivity index (χ2v) is 4.91. The van der Waals surface area contributed by atoms with Gasteiger partial charge in [-0.3, -0.25) is 4.79 Å². The molecule has 5 nitrogen and oxygen atoms in total. The highest BCUT2D eigenvalue weighted by Crippen LogP contribution is 2.20. The van der Waals surface area contributed by atoms with Crippen molar-refractivity contribution >= 4 is 28.0 Å². The highest BCUT2D eigenvalue weighted by molar-refractivity contribution is 5.94. The number of rotatable bonds is 3. The third-order valence-electron chi connectivity index (χ3n) is 3.50. The van der Waals surface area contributed by atoms with Gasteiger partial charge in [0, 0.05) is 6.20 Å². The number of fused-ring (bicyclic) bond motifs is 2. The number of ether oxygens (including phenoxy) is 1. The number of carbonyl (C=O) groups is 1. The van der Waals surface area contributed by atoms with Gasteiger partial charge < -0.3 is 9.15 Å². The molecule has 0 radical (unpaired) electrons. The van der Waals surface area contributed by atoms with Crippen LogP contribution in [-0.4, -0.2) is 17.6 Å².